The minimum absolute atomic E-state index is 0.263. The highest BCUT2D eigenvalue weighted by atomic mass is 16.4. The molecule has 2 heterocycles. The summed E-state index contributed by atoms with van der Waals surface area (Å²) in [6, 6.07) is 0.263. The highest BCUT2D eigenvalue weighted by molar-refractivity contribution is 5.89. The van der Waals surface area contributed by atoms with Gasteiger partial charge in [0.2, 0.25) is 0 Å². The van der Waals surface area contributed by atoms with Crippen LogP contribution in [0.3, 0.4) is 0 Å². The Balaban J connectivity index is 1.96. The third kappa shape index (κ3) is 2.37. The average Bonchev–Trinajstić information content (AvgIpc) is 2.92. The fraction of sp³-hybridized carbons (Fsp3) is 0.667. The van der Waals surface area contributed by atoms with Gasteiger partial charge in [0.25, 0.3) is 0 Å². The fourth-order valence-corrected chi connectivity index (χ4v) is 3.42. The molecule has 3 rings (SSSR count). The van der Waals surface area contributed by atoms with Gasteiger partial charge in [-0.25, -0.2) is 14.5 Å². The number of aryl methyl sites for hydroxylation is 1. The van der Waals surface area contributed by atoms with E-state index < -0.39 is 11.5 Å². The lowest BCUT2D eigenvalue weighted by molar-refractivity contribution is -0.145. The standard InChI is InChI=1S/C15H22N4O2/c1-2-19-13-12(10-17-19)15(14(20)21,8-9-16-13)18-11-6-4-3-5-7-11/h9-11,18H,2-8H2,1H3,(H,20,21). The second-order valence-electron chi connectivity index (χ2n) is 5.90. The van der Waals surface area contributed by atoms with E-state index in [1.54, 1.807) is 17.1 Å². The van der Waals surface area contributed by atoms with Crippen molar-refractivity contribution in [3.8, 4) is 0 Å². The Morgan fingerprint density at radius 1 is 1.48 bits per heavy atom. The molecule has 0 spiro atoms. The van der Waals surface area contributed by atoms with Gasteiger partial charge >= 0.3 is 5.97 Å². The van der Waals surface area contributed by atoms with Crippen LogP contribution in [0.15, 0.2) is 11.2 Å². The molecule has 1 saturated carbocycles. The van der Waals surface area contributed by atoms with Crippen LogP contribution in [0.5, 0.6) is 0 Å². The van der Waals surface area contributed by atoms with Crippen molar-refractivity contribution in [1.82, 2.24) is 15.1 Å². The summed E-state index contributed by atoms with van der Waals surface area (Å²) >= 11 is 0. The van der Waals surface area contributed by atoms with Crippen molar-refractivity contribution in [1.29, 1.82) is 0 Å². The summed E-state index contributed by atoms with van der Waals surface area (Å²) < 4.78 is 1.76. The van der Waals surface area contributed by atoms with Crippen LogP contribution in [-0.2, 0) is 16.9 Å². The number of rotatable bonds is 4. The summed E-state index contributed by atoms with van der Waals surface area (Å²) in [6.07, 6.45) is 9.43. The number of aromatic nitrogens is 2. The van der Waals surface area contributed by atoms with Crippen LogP contribution in [0, 0.1) is 0 Å². The second kappa shape index (κ2) is 5.60. The number of hydrogen-bond donors (Lipinski definition) is 2. The summed E-state index contributed by atoms with van der Waals surface area (Å²) in [5.41, 5.74) is -0.378. The molecule has 1 fully saturated rings. The van der Waals surface area contributed by atoms with Crippen LogP contribution in [0.4, 0.5) is 5.82 Å². The molecule has 21 heavy (non-hydrogen) atoms. The van der Waals surface area contributed by atoms with Gasteiger partial charge in [0, 0.05) is 30.8 Å². The molecule has 0 saturated heterocycles. The Bertz CT molecular complexity index is 560. The molecule has 1 atom stereocenters. The van der Waals surface area contributed by atoms with Gasteiger partial charge in [-0.1, -0.05) is 19.3 Å². The largest absolute Gasteiger partial charge is 0.480 e. The quantitative estimate of drug-likeness (QED) is 0.891. The zero-order valence-electron chi connectivity index (χ0n) is 12.4. The van der Waals surface area contributed by atoms with Gasteiger partial charge in [0.15, 0.2) is 11.4 Å². The monoisotopic (exact) mass is 290 g/mol. The zero-order valence-corrected chi connectivity index (χ0v) is 12.4. The molecule has 1 unspecified atom stereocenters. The first kappa shape index (κ1) is 14.3. The van der Waals surface area contributed by atoms with Crippen LogP contribution in [0.25, 0.3) is 0 Å². The third-order valence-electron chi connectivity index (χ3n) is 4.60. The Hall–Kier alpha value is -1.69. The number of aliphatic imine (C=N–C) groups is 1. The number of nitrogens with zero attached hydrogens (tertiary/aromatic N) is 3. The molecule has 1 aliphatic heterocycles. The predicted molar refractivity (Wildman–Crippen MR) is 80.0 cm³/mol. The molecule has 114 valence electrons. The highest BCUT2D eigenvalue weighted by Gasteiger charge is 2.46. The fourth-order valence-electron chi connectivity index (χ4n) is 3.42. The molecule has 0 radical (unpaired) electrons. The second-order valence-corrected chi connectivity index (χ2v) is 5.90. The SMILES string of the molecule is CCn1ncc2c1N=CCC2(NC1CCCCC1)C(=O)O. The lowest BCUT2D eigenvalue weighted by Gasteiger charge is -2.36. The Kier molecular flexibility index (Phi) is 3.80. The number of aliphatic carboxylic acids is 1. The van der Waals surface area contributed by atoms with E-state index in [4.69, 9.17) is 0 Å². The molecular weight excluding hydrogens is 268 g/mol. The molecule has 0 amide bonds. The van der Waals surface area contributed by atoms with Gasteiger partial charge in [-0.2, -0.15) is 5.10 Å². The van der Waals surface area contributed by atoms with Crippen molar-refractivity contribution in [3.05, 3.63) is 11.8 Å². The van der Waals surface area contributed by atoms with Crippen molar-refractivity contribution in [3.63, 3.8) is 0 Å². The van der Waals surface area contributed by atoms with Crippen LogP contribution < -0.4 is 5.32 Å². The van der Waals surface area contributed by atoms with Crippen LogP contribution in [0.2, 0.25) is 0 Å². The molecule has 1 aliphatic carbocycles. The van der Waals surface area contributed by atoms with E-state index in [9.17, 15) is 9.90 Å². The van der Waals surface area contributed by atoms with Crippen LogP contribution in [-0.4, -0.2) is 33.1 Å². The predicted octanol–water partition coefficient (Wildman–Crippen LogP) is 2.21. The molecule has 6 heteroatoms. The van der Waals surface area contributed by atoms with Crippen molar-refractivity contribution >= 4 is 18.0 Å². The number of carbonyl (C=O) groups is 1. The van der Waals surface area contributed by atoms with E-state index in [2.05, 4.69) is 15.4 Å². The topological polar surface area (TPSA) is 79.5 Å². The van der Waals surface area contributed by atoms with E-state index in [-0.39, 0.29) is 6.04 Å². The Morgan fingerprint density at radius 2 is 2.24 bits per heavy atom. The van der Waals surface area contributed by atoms with Crippen molar-refractivity contribution < 1.29 is 9.90 Å². The van der Waals surface area contributed by atoms with E-state index in [0.29, 0.717) is 24.3 Å². The number of nitrogens with one attached hydrogen (secondary N) is 1. The normalized spacial score (nSPS) is 25.8. The van der Waals surface area contributed by atoms with Crippen molar-refractivity contribution in [2.75, 3.05) is 0 Å². The summed E-state index contributed by atoms with van der Waals surface area (Å²) in [7, 11) is 0. The summed E-state index contributed by atoms with van der Waals surface area (Å²) in [4.78, 5) is 16.4. The first-order valence-corrected chi connectivity index (χ1v) is 7.77. The number of carboxylic acid groups (broad SMARTS) is 1. The molecule has 0 bridgehead atoms. The molecular formula is C15H22N4O2. The van der Waals surface area contributed by atoms with E-state index in [1.165, 1.54) is 19.3 Å². The van der Waals surface area contributed by atoms with E-state index >= 15 is 0 Å². The van der Waals surface area contributed by atoms with Gasteiger partial charge in [0.1, 0.15) is 0 Å². The summed E-state index contributed by atoms with van der Waals surface area (Å²) in [5.74, 6) is -0.161. The van der Waals surface area contributed by atoms with Gasteiger partial charge in [-0.3, -0.25) is 5.32 Å². The number of fused-ring (bicyclic) bond motifs is 1. The van der Waals surface area contributed by atoms with E-state index in [0.717, 1.165) is 12.8 Å². The van der Waals surface area contributed by atoms with Gasteiger partial charge in [-0.15, -0.1) is 0 Å². The van der Waals surface area contributed by atoms with Crippen LogP contribution >= 0.6 is 0 Å². The maximum atomic E-state index is 12.0. The highest BCUT2D eigenvalue weighted by Crippen LogP contribution is 2.37. The van der Waals surface area contributed by atoms with Crippen molar-refractivity contribution in [2.45, 2.75) is 63.6 Å². The molecule has 0 aromatic carbocycles. The Labute approximate surface area is 124 Å². The van der Waals surface area contributed by atoms with Crippen LogP contribution in [0.1, 0.15) is 51.0 Å². The summed E-state index contributed by atoms with van der Waals surface area (Å²) in [6.45, 7) is 2.67. The maximum absolute atomic E-state index is 12.0. The molecule has 1 aromatic rings. The first-order chi connectivity index (χ1) is 10.2. The summed E-state index contributed by atoms with van der Waals surface area (Å²) in [5, 5.41) is 17.6. The van der Waals surface area contributed by atoms with Crippen molar-refractivity contribution in [2.24, 2.45) is 4.99 Å². The Morgan fingerprint density at radius 3 is 2.90 bits per heavy atom. The lowest BCUT2D eigenvalue weighted by atomic mass is 9.84. The molecule has 2 aliphatic rings. The average molecular weight is 290 g/mol. The minimum atomic E-state index is -1.08. The van der Waals surface area contributed by atoms with Gasteiger partial charge in [-0.05, 0) is 19.8 Å². The van der Waals surface area contributed by atoms with Gasteiger partial charge < -0.3 is 5.11 Å². The molecule has 2 N–H and O–H groups in total. The number of hydrogen-bond acceptors (Lipinski definition) is 4. The third-order valence-corrected chi connectivity index (χ3v) is 4.60. The first-order valence-electron chi connectivity index (χ1n) is 7.77. The van der Waals surface area contributed by atoms with Gasteiger partial charge in [0.05, 0.1) is 6.20 Å². The molecule has 1 aromatic heterocycles. The molecule has 6 nitrogen and oxygen atoms in total. The smallest absolute Gasteiger partial charge is 0.329 e. The zero-order chi connectivity index (χ0) is 14.9. The van der Waals surface area contributed by atoms with E-state index in [1.807, 2.05) is 6.92 Å². The number of carboxylic acids is 1. The maximum Gasteiger partial charge on any atom is 0.329 e. The minimum Gasteiger partial charge on any atom is -0.480 e. The lowest BCUT2D eigenvalue weighted by Crippen LogP contribution is -2.54.